The number of hydrogen-bond donors (Lipinski definition) is 0. The molecule has 0 unspecified atom stereocenters. The van der Waals surface area contributed by atoms with Crippen LogP contribution in [0.5, 0.6) is 5.75 Å². The van der Waals surface area contributed by atoms with Crippen LogP contribution in [0.4, 0.5) is 5.82 Å². The summed E-state index contributed by atoms with van der Waals surface area (Å²) in [5, 5.41) is 0. The highest BCUT2D eigenvalue weighted by Gasteiger charge is 2.32. The van der Waals surface area contributed by atoms with Gasteiger partial charge >= 0.3 is 0 Å². The number of hydrogen-bond acceptors (Lipinski definition) is 4. The lowest BCUT2D eigenvalue weighted by Gasteiger charge is -2.30. The highest BCUT2D eigenvalue weighted by Crippen LogP contribution is 2.29. The second-order valence-corrected chi connectivity index (χ2v) is 8.23. The minimum absolute atomic E-state index is 0.252. The number of rotatable bonds is 4. The van der Waals surface area contributed by atoms with E-state index in [9.17, 15) is 8.42 Å². The predicted octanol–water partition coefficient (Wildman–Crippen LogP) is 1.78. The van der Waals surface area contributed by atoms with Gasteiger partial charge < -0.3 is 4.74 Å². The number of anilines is 1. The maximum atomic E-state index is 12.8. The molecule has 1 aromatic heterocycles. The monoisotopic (exact) mass is 412 g/mol. The largest absolute Gasteiger partial charge is 0.496 e. The molecule has 0 radical (unpaired) electrons. The Hall–Kier alpha value is -1.64. The number of H-pyrrole nitrogens is 1. The van der Waals surface area contributed by atoms with Gasteiger partial charge in [-0.1, -0.05) is 6.07 Å². The maximum Gasteiger partial charge on any atom is 0.274 e. The number of ether oxygens (including phenoxy) is 1. The lowest BCUT2D eigenvalue weighted by atomic mass is 10.3. The van der Waals surface area contributed by atoms with Crippen LogP contribution in [-0.4, -0.2) is 46.0 Å². The molecule has 1 aliphatic heterocycles. The molecule has 0 aliphatic carbocycles. The number of nitrogens with zero attached hydrogens (tertiary/aromatic N) is 2. The zero-order valence-corrected chi connectivity index (χ0v) is 15.7. The first kappa shape index (κ1) is 17.2. The van der Waals surface area contributed by atoms with Crippen LogP contribution in [0.15, 0.2) is 52.0 Å². The van der Waals surface area contributed by atoms with Gasteiger partial charge in [-0.15, -0.1) is 0 Å². The van der Waals surface area contributed by atoms with Crippen molar-refractivity contribution in [3.05, 3.63) is 47.1 Å². The number of pyridine rings is 1. The first-order chi connectivity index (χ1) is 11.5. The molecule has 3 rings (SSSR count). The minimum atomic E-state index is -3.52. The smallest absolute Gasteiger partial charge is 0.274 e. The van der Waals surface area contributed by atoms with Crippen LogP contribution in [0, 0.1) is 0 Å². The number of halogens is 1. The molecule has 0 amide bonds. The summed E-state index contributed by atoms with van der Waals surface area (Å²) in [7, 11) is -2.00. The second kappa shape index (κ2) is 7.08. The highest BCUT2D eigenvalue weighted by atomic mass is 79.9. The lowest BCUT2D eigenvalue weighted by Crippen LogP contribution is -2.49. The van der Waals surface area contributed by atoms with Crippen molar-refractivity contribution in [2.24, 2.45) is 0 Å². The molecule has 0 spiro atoms. The Morgan fingerprint density at radius 3 is 2.50 bits per heavy atom. The Labute approximate surface area is 150 Å². The van der Waals surface area contributed by atoms with Gasteiger partial charge in [0, 0.05) is 12.1 Å². The number of aromatic amines is 1. The number of benzene rings is 1. The van der Waals surface area contributed by atoms with Crippen LogP contribution in [0.3, 0.4) is 0 Å². The SMILES string of the molecule is COc1cc(S(=O)(=O)N2CCN(c3cccc[nH+]3)CC2)ccc1Br. The maximum absolute atomic E-state index is 12.8. The molecule has 1 fully saturated rings. The van der Waals surface area contributed by atoms with Gasteiger partial charge in [-0.05, 0) is 34.1 Å². The van der Waals surface area contributed by atoms with E-state index in [1.165, 1.54) is 11.4 Å². The van der Waals surface area contributed by atoms with Crippen LogP contribution in [-0.2, 0) is 10.0 Å². The molecule has 24 heavy (non-hydrogen) atoms. The average Bonchev–Trinajstić information content (AvgIpc) is 2.63. The van der Waals surface area contributed by atoms with E-state index in [0.717, 1.165) is 10.3 Å². The van der Waals surface area contributed by atoms with Crippen molar-refractivity contribution < 1.29 is 18.1 Å². The molecule has 2 aromatic rings. The summed E-state index contributed by atoms with van der Waals surface area (Å²) in [5.74, 6) is 1.51. The number of sulfonamides is 1. The fourth-order valence-corrected chi connectivity index (χ4v) is 4.55. The standard InChI is InChI=1S/C16H18BrN3O3S/c1-23-15-12-13(5-6-14(15)17)24(21,22)20-10-8-19(9-11-20)16-4-2-3-7-18-16/h2-7,12H,8-11H2,1H3/p+1. The van der Waals surface area contributed by atoms with Crippen molar-refractivity contribution in [2.45, 2.75) is 4.90 Å². The Kier molecular flexibility index (Phi) is 5.07. The van der Waals surface area contributed by atoms with Gasteiger partial charge in [0.05, 0.1) is 48.9 Å². The Morgan fingerprint density at radius 2 is 1.88 bits per heavy atom. The first-order valence-corrected chi connectivity index (χ1v) is 9.81. The van der Waals surface area contributed by atoms with Crippen molar-refractivity contribution in [1.82, 2.24) is 4.31 Å². The van der Waals surface area contributed by atoms with Gasteiger partial charge in [0.2, 0.25) is 10.0 Å². The van der Waals surface area contributed by atoms with Gasteiger partial charge in [0.25, 0.3) is 5.82 Å². The van der Waals surface area contributed by atoms with Gasteiger partial charge in [0.1, 0.15) is 5.75 Å². The average molecular weight is 413 g/mol. The van der Waals surface area contributed by atoms with Gasteiger partial charge in [0.15, 0.2) is 0 Å². The molecule has 128 valence electrons. The van der Waals surface area contributed by atoms with E-state index in [0.29, 0.717) is 31.9 Å². The molecule has 0 atom stereocenters. The summed E-state index contributed by atoms with van der Waals surface area (Å²) in [6, 6.07) is 10.7. The van der Waals surface area contributed by atoms with Crippen molar-refractivity contribution in [3.63, 3.8) is 0 Å². The Balaban J connectivity index is 1.75. The molecule has 0 saturated carbocycles. The van der Waals surface area contributed by atoms with E-state index in [4.69, 9.17) is 4.74 Å². The summed E-state index contributed by atoms with van der Waals surface area (Å²) in [6.07, 6.45) is 1.87. The Morgan fingerprint density at radius 1 is 1.12 bits per heavy atom. The van der Waals surface area contributed by atoms with Gasteiger partial charge in [-0.2, -0.15) is 4.31 Å². The molecule has 1 N–H and O–H groups in total. The topological polar surface area (TPSA) is 64.0 Å². The van der Waals surface area contributed by atoms with E-state index in [-0.39, 0.29) is 4.90 Å². The molecule has 0 bridgehead atoms. The fourth-order valence-electron chi connectivity index (χ4n) is 2.70. The van der Waals surface area contributed by atoms with Crippen molar-refractivity contribution >= 4 is 31.8 Å². The molecule has 6 nitrogen and oxygen atoms in total. The molecule has 8 heteroatoms. The van der Waals surface area contributed by atoms with Crippen molar-refractivity contribution in [1.29, 1.82) is 0 Å². The molecule has 1 aromatic carbocycles. The van der Waals surface area contributed by atoms with Crippen LogP contribution < -0.4 is 14.6 Å². The summed E-state index contributed by atoms with van der Waals surface area (Å²) in [6.45, 7) is 2.19. The molecule has 2 heterocycles. The first-order valence-electron chi connectivity index (χ1n) is 7.58. The van der Waals surface area contributed by atoms with Crippen molar-refractivity contribution in [2.75, 3.05) is 38.2 Å². The normalized spacial score (nSPS) is 16.2. The number of methoxy groups -OCH3 is 1. The van der Waals surface area contributed by atoms with Crippen LogP contribution in [0.2, 0.25) is 0 Å². The molecular formula is C16H19BrN3O3S+. The predicted molar refractivity (Wildman–Crippen MR) is 94.7 cm³/mol. The number of nitrogens with one attached hydrogen (secondary N) is 1. The Bertz CT molecular complexity index is 807. The van der Waals surface area contributed by atoms with E-state index >= 15 is 0 Å². The molecular weight excluding hydrogens is 394 g/mol. The second-order valence-electron chi connectivity index (χ2n) is 5.44. The van der Waals surface area contributed by atoms with Crippen LogP contribution >= 0.6 is 15.9 Å². The third-order valence-corrected chi connectivity index (χ3v) is 6.58. The van der Waals surface area contributed by atoms with E-state index in [1.54, 1.807) is 18.2 Å². The summed E-state index contributed by atoms with van der Waals surface area (Å²) in [4.78, 5) is 5.58. The third-order valence-electron chi connectivity index (χ3n) is 4.03. The van der Waals surface area contributed by atoms with E-state index in [2.05, 4.69) is 25.8 Å². The number of piperazine rings is 1. The van der Waals surface area contributed by atoms with Gasteiger partial charge in [-0.3, -0.25) is 4.90 Å². The highest BCUT2D eigenvalue weighted by molar-refractivity contribution is 9.10. The number of aromatic nitrogens is 1. The minimum Gasteiger partial charge on any atom is -0.496 e. The van der Waals surface area contributed by atoms with Gasteiger partial charge in [-0.25, -0.2) is 13.4 Å². The molecule has 1 saturated heterocycles. The van der Waals surface area contributed by atoms with E-state index in [1.807, 2.05) is 24.4 Å². The van der Waals surface area contributed by atoms with Crippen molar-refractivity contribution in [3.8, 4) is 5.75 Å². The summed E-state index contributed by atoms with van der Waals surface area (Å²) < 4.78 is 33.1. The lowest BCUT2D eigenvalue weighted by molar-refractivity contribution is -0.364. The third kappa shape index (κ3) is 3.40. The zero-order chi connectivity index (χ0) is 17.2. The quantitative estimate of drug-likeness (QED) is 0.767. The van der Waals surface area contributed by atoms with Crippen LogP contribution in [0.1, 0.15) is 0 Å². The molecule has 1 aliphatic rings. The van der Waals surface area contributed by atoms with Crippen LogP contribution in [0.25, 0.3) is 0 Å². The fraction of sp³-hybridized carbons (Fsp3) is 0.312. The summed E-state index contributed by atoms with van der Waals surface area (Å²) in [5.41, 5.74) is 0. The zero-order valence-electron chi connectivity index (χ0n) is 13.3. The summed E-state index contributed by atoms with van der Waals surface area (Å²) >= 11 is 3.34. The van der Waals surface area contributed by atoms with E-state index < -0.39 is 10.0 Å².